The normalized spacial score (nSPS) is 10.3. The van der Waals surface area contributed by atoms with Crippen LogP contribution in [0.1, 0.15) is 13.8 Å². The van der Waals surface area contributed by atoms with E-state index in [1.165, 1.54) is 0 Å². The van der Waals surface area contributed by atoms with Crippen LogP contribution in [-0.4, -0.2) is 29.4 Å². The molecule has 122 valence electrons. The maximum atomic E-state index is 11.6. The van der Waals surface area contributed by atoms with Gasteiger partial charge in [-0.05, 0) is 44.2 Å². The van der Waals surface area contributed by atoms with Crippen LogP contribution in [-0.2, 0) is 0 Å². The lowest BCUT2D eigenvalue weighted by Crippen LogP contribution is -2.34. The average molecular weight is 336 g/mol. The topological polar surface area (TPSA) is 88.2 Å². The molecule has 2 amide bonds. The largest absolute Gasteiger partial charge is 0.495 e. The molecule has 0 atom stereocenters. The van der Waals surface area contributed by atoms with E-state index in [0.717, 1.165) is 5.69 Å². The standard InChI is InChI=1S/C15H18ClN5O2/c1-9(2)17-15(22)19-14-7-6-13(20-21-14)18-10-4-5-12(23-3)11(16)8-10/h4-9H,1-3H3,(H,18,20)(H2,17,19,21,22). The van der Waals surface area contributed by atoms with Crippen molar-refractivity contribution in [2.24, 2.45) is 0 Å². The summed E-state index contributed by atoms with van der Waals surface area (Å²) in [6.45, 7) is 3.75. The predicted octanol–water partition coefficient (Wildman–Crippen LogP) is 3.41. The zero-order valence-electron chi connectivity index (χ0n) is 13.1. The molecule has 1 heterocycles. The molecular formula is C15H18ClN5O2. The van der Waals surface area contributed by atoms with Crippen LogP contribution in [0.5, 0.6) is 5.75 Å². The molecule has 0 aliphatic carbocycles. The Kier molecular flexibility index (Phi) is 5.59. The monoisotopic (exact) mass is 335 g/mol. The van der Waals surface area contributed by atoms with Crippen LogP contribution in [0.2, 0.25) is 5.02 Å². The van der Waals surface area contributed by atoms with E-state index < -0.39 is 0 Å². The van der Waals surface area contributed by atoms with Gasteiger partial charge in [-0.15, -0.1) is 10.2 Å². The van der Waals surface area contributed by atoms with Crippen LogP contribution < -0.4 is 20.7 Å². The van der Waals surface area contributed by atoms with Crippen molar-refractivity contribution in [3.8, 4) is 5.75 Å². The first-order valence-electron chi connectivity index (χ1n) is 6.99. The van der Waals surface area contributed by atoms with E-state index in [9.17, 15) is 4.79 Å². The Bertz CT molecular complexity index is 676. The zero-order chi connectivity index (χ0) is 16.8. The molecule has 0 bridgehead atoms. The maximum Gasteiger partial charge on any atom is 0.320 e. The number of benzene rings is 1. The van der Waals surface area contributed by atoms with E-state index in [4.69, 9.17) is 16.3 Å². The van der Waals surface area contributed by atoms with Crippen molar-refractivity contribution in [1.29, 1.82) is 0 Å². The first-order valence-corrected chi connectivity index (χ1v) is 7.37. The molecule has 0 saturated heterocycles. The lowest BCUT2D eigenvalue weighted by molar-refractivity contribution is 0.250. The number of nitrogens with zero attached hydrogens (tertiary/aromatic N) is 2. The molecule has 0 fully saturated rings. The predicted molar refractivity (Wildman–Crippen MR) is 90.6 cm³/mol. The SMILES string of the molecule is COc1ccc(Nc2ccc(NC(=O)NC(C)C)nn2)cc1Cl. The van der Waals surface area contributed by atoms with Crippen LogP contribution in [0.25, 0.3) is 0 Å². The van der Waals surface area contributed by atoms with Gasteiger partial charge in [0.15, 0.2) is 11.6 Å². The Hall–Kier alpha value is -2.54. The summed E-state index contributed by atoms with van der Waals surface area (Å²) < 4.78 is 5.10. The lowest BCUT2D eigenvalue weighted by atomic mass is 10.3. The molecule has 23 heavy (non-hydrogen) atoms. The number of aromatic nitrogens is 2. The van der Waals surface area contributed by atoms with E-state index in [1.54, 1.807) is 31.4 Å². The molecule has 0 aliphatic heterocycles. The Labute approximate surface area is 139 Å². The smallest absolute Gasteiger partial charge is 0.320 e. The Morgan fingerprint density at radius 3 is 2.43 bits per heavy atom. The van der Waals surface area contributed by atoms with Gasteiger partial charge in [0.2, 0.25) is 0 Å². The number of urea groups is 1. The van der Waals surface area contributed by atoms with Gasteiger partial charge >= 0.3 is 6.03 Å². The fourth-order valence-corrected chi connectivity index (χ4v) is 2.03. The van der Waals surface area contributed by atoms with Gasteiger partial charge in [-0.25, -0.2) is 4.79 Å². The number of anilines is 3. The molecule has 3 N–H and O–H groups in total. The van der Waals surface area contributed by atoms with Gasteiger partial charge in [-0.3, -0.25) is 5.32 Å². The Balaban J connectivity index is 2.00. The summed E-state index contributed by atoms with van der Waals surface area (Å²) in [6.07, 6.45) is 0. The number of nitrogens with one attached hydrogen (secondary N) is 3. The zero-order valence-corrected chi connectivity index (χ0v) is 13.8. The lowest BCUT2D eigenvalue weighted by Gasteiger charge is -2.10. The Morgan fingerprint density at radius 2 is 1.87 bits per heavy atom. The number of amides is 2. The fourth-order valence-electron chi connectivity index (χ4n) is 1.77. The van der Waals surface area contributed by atoms with Crippen molar-refractivity contribution >= 4 is 35.0 Å². The van der Waals surface area contributed by atoms with Crippen molar-refractivity contribution in [2.75, 3.05) is 17.7 Å². The average Bonchev–Trinajstić information content (AvgIpc) is 2.48. The van der Waals surface area contributed by atoms with Crippen LogP contribution in [0.15, 0.2) is 30.3 Å². The first-order chi connectivity index (χ1) is 11.0. The highest BCUT2D eigenvalue weighted by Crippen LogP contribution is 2.28. The summed E-state index contributed by atoms with van der Waals surface area (Å²) in [4.78, 5) is 11.6. The summed E-state index contributed by atoms with van der Waals surface area (Å²) in [5.74, 6) is 1.49. The second kappa shape index (κ2) is 7.64. The summed E-state index contributed by atoms with van der Waals surface area (Å²) in [5.41, 5.74) is 0.753. The van der Waals surface area contributed by atoms with Crippen molar-refractivity contribution in [3.63, 3.8) is 0 Å². The first kappa shape index (κ1) is 16.8. The van der Waals surface area contributed by atoms with Crippen LogP contribution in [0.3, 0.4) is 0 Å². The molecular weight excluding hydrogens is 318 g/mol. The van der Waals surface area contributed by atoms with Gasteiger partial charge in [0.1, 0.15) is 5.75 Å². The van der Waals surface area contributed by atoms with E-state index >= 15 is 0 Å². The van der Waals surface area contributed by atoms with Gasteiger partial charge in [-0.2, -0.15) is 0 Å². The van der Waals surface area contributed by atoms with E-state index in [2.05, 4.69) is 26.1 Å². The highest BCUT2D eigenvalue weighted by molar-refractivity contribution is 6.32. The number of halogens is 1. The molecule has 0 radical (unpaired) electrons. The fraction of sp³-hybridized carbons (Fsp3) is 0.267. The molecule has 0 aliphatic rings. The van der Waals surface area contributed by atoms with Crippen molar-refractivity contribution in [2.45, 2.75) is 19.9 Å². The van der Waals surface area contributed by atoms with Crippen molar-refractivity contribution in [3.05, 3.63) is 35.4 Å². The number of hydrogen-bond donors (Lipinski definition) is 3. The molecule has 8 heteroatoms. The molecule has 1 aromatic carbocycles. The number of hydrogen-bond acceptors (Lipinski definition) is 5. The maximum absolute atomic E-state index is 11.6. The third-order valence-corrected chi connectivity index (χ3v) is 3.05. The van der Waals surface area contributed by atoms with Crippen LogP contribution in [0, 0.1) is 0 Å². The highest BCUT2D eigenvalue weighted by Gasteiger charge is 2.06. The summed E-state index contributed by atoms with van der Waals surface area (Å²) in [6, 6.07) is 8.38. The second-order valence-corrected chi connectivity index (χ2v) is 5.44. The quantitative estimate of drug-likeness (QED) is 0.779. The van der Waals surface area contributed by atoms with Gasteiger partial charge in [0, 0.05) is 11.7 Å². The van der Waals surface area contributed by atoms with E-state index in [0.29, 0.717) is 22.4 Å². The summed E-state index contributed by atoms with van der Waals surface area (Å²) >= 11 is 6.06. The highest BCUT2D eigenvalue weighted by atomic mass is 35.5. The number of rotatable bonds is 5. The van der Waals surface area contributed by atoms with Crippen LogP contribution in [0.4, 0.5) is 22.1 Å². The molecule has 7 nitrogen and oxygen atoms in total. The van der Waals surface area contributed by atoms with Gasteiger partial charge in [0.25, 0.3) is 0 Å². The molecule has 0 unspecified atom stereocenters. The second-order valence-electron chi connectivity index (χ2n) is 5.03. The molecule has 2 rings (SSSR count). The summed E-state index contributed by atoms with van der Waals surface area (Å²) in [5, 5.41) is 16.8. The number of ether oxygens (including phenoxy) is 1. The molecule has 0 saturated carbocycles. The van der Waals surface area contributed by atoms with Gasteiger partial charge in [0.05, 0.1) is 12.1 Å². The van der Waals surface area contributed by atoms with Crippen LogP contribution >= 0.6 is 11.6 Å². The van der Waals surface area contributed by atoms with E-state index in [1.807, 2.05) is 19.9 Å². The number of methoxy groups -OCH3 is 1. The number of carbonyl (C=O) groups excluding carboxylic acids is 1. The van der Waals surface area contributed by atoms with Gasteiger partial charge in [-0.1, -0.05) is 11.6 Å². The molecule has 2 aromatic rings. The minimum atomic E-state index is -0.322. The third-order valence-electron chi connectivity index (χ3n) is 2.75. The van der Waals surface area contributed by atoms with Gasteiger partial charge < -0.3 is 15.4 Å². The molecule has 1 aromatic heterocycles. The number of carbonyl (C=O) groups is 1. The Morgan fingerprint density at radius 1 is 1.17 bits per heavy atom. The van der Waals surface area contributed by atoms with Crippen molar-refractivity contribution < 1.29 is 9.53 Å². The third kappa shape index (κ3) is 5.00. The van der Waals surface area contributed by atoms with E-state index in [-0.39, 0.29) is 12.1 Å². The minimum Gasteiger partial charge on any atom is -0.495 e. The van der Waals surface area contributed by atoms with Crippen molar-refractivity contribution in [1.82, 2.24) is 15.5 Å². The minimum absolute atomic E-state index is 0.0451. The molecule has 0 spiro atoms. The summed E-state index contributed by atoms with van der Waals surface area (Å²) in [7, 11) is 1.56.